The molecule has 8 heteroatoms. The lowest BCUT2D eigenvalue weighted by molar-refractivity contribution is -0.122. The Bertz CT molecular complexity index is 1130. The Balaban J connectivity index is 1.53. The zero-order valence-corrected chi connectivity index (χ0v) is 17.1. The lowest BCUT2D eigenvalue weighted by Crippen LogP contribution is -2.29. The van der Waals surface area contributed by atoms with Crippen molar-refractivity contribution in [3.63, 3.8) is 0 Å². The first-order chi connectivity index (χ1) is 14.7. The second-order valence-electron chi connectivity index (χ2n) is 7.09. The number of carbonyl (C=O) groups is 1. The van der Waals surface area contributed by atoms with Gasteiger partial charge < -0.3 is 9.84 Å². The van der Waals surface area contributed by atoms with Crippen LogP contribution in [0.2, 0.25) is 0 Å². The van der Waals surface area contributed by atoms with E-state index in [4.69, 9.17) is 4.52 Å². The van der Waals surface area contributed by atoms with Crippen LogP contribution in [0.15, 0.2) is 53.2 Å². The van der Waals surface area contributed by atoms with Crippen LogP contribution in [-0.4, -0.2) is 30.6 Å². The molecule has 0 aliphatic rings. The van der Waals surface area contributed by atoms with E-state index in [0.717, 1.165) is 24.8 Å². The first-order valence-electron chi connectivity index (χ1n) is 10.2. The number of aromatic nitrogens is 5. The van der Waals surface area contributed by atoms with Crippen molar-refractivity contribution in [1.82, 2.24) is 30.1 Å². The molecule has 1 amide bonds. The van der Waals surface area contributed by atoms with E-state index in [1.54, 1.807) is 0 Å². The summed E-state index contributed by atoms with van der Waals surface area (Å²) in [6, 6.07) is 13.5. The normalized spacial score (nSPS) is 12.2. The van der Waals surface area contributed by atoms with Crippen molar-refractivity contribution in [2.45, 2.75) is 45.6 Å². The van der Waals surface area contributed by atoms with Crippen LogP contribution in [0.5, 0.6) is 0 Å². The second-order valence-corrected chi connectivity index (χ2v) is 7.09. The van der Waals surface area contributed by atoms with Crippen LogP contribution in [0.3, 0.4) is 0 Å². The first-order valence-corrected chi connectivity index (χ1v) is 10.2. The number of pyridine rings is 1. The van der Waals surface area contributed by atoms with Gasteiger partial charge in [-0.1, -0.05) is 49.3 Å². The number of benzene rings is 1. The highest BCUT2D eigenvalue weighted by molar-refractivity contribution is 5.83. The molecule has 0 saturated heterocycles. The van der Waals surface area contributed by atoms with Crippen LogP contribution in [0.25, 0.3) is 17.1 Å². The van der Waals surface area contributed by atoms with Crippen LogP contribution >= 0.6 is 0 Å². The van der Waals surface area contributed by atoms with Crippen molar-refractivity contribution >= 4 is 11.6 Å². The van der Waals surface area contributed by atoms with Gasteiger partial charge in [0.05, 0.1) is 18.0 Å². The summed E-state index contributed by atoms with van der Waals surface area (Å²) in [6.07, 6.45) is 4.28. The number of aryl methyl sites for hydroxylation is 1. The van der Waals surface area contributed by atoms with Gasteiger partial charge in [0.25, 0.3) is 5.89 Å². The number of rotatable bonds is 8. The molecule has 1 atom stereocenters. The maximum absolute atomic E-state index is 12.8. The van der Waals surface area contributed by atoms with Gasteiger partial charge >= 0.3 is 0 Å². The highest BCUT2D eigenvalue weighted by Gasteiger charge is 2.20. The Morgan fingerprint density at radius 1 is 1.13 bits per heavy atom. The molecule has 3 heterocycles. The highest BCUT2D eigenvalue weighted by atomic mass is 16.5. The van der Waals surface area contributed by atoms with E-state index in [1.165, 1.54) is 0 Å². The number of nitrogens with one attached hydrogen (secondary N) is 1. The van der Waals surface area contributed by atoms with Crippen LogP contribution < -0.4 is 5.32 Å². The van der Waals surface area contributed by atoms with Crippen molar-refractivity contribution in [2.75, 3.05) is 0 Å². The van der Waals surface area contributed by atoms with Gasteiger partial charge in [-0.2, -0.15) is 4.98 Å². The molecule has 8 nitrogen and oxygen atoms in total. The van der Waals surface area contributed by atoms with Gasteiger partial charge in [0.2, 0.25) is 5.91 Å². The Hall–Kier alpha value is -3.55. The van der Waals surface area contributed by atoms with E-state index in [9.17, 15) is 4.79 Å². The number of amides is 1. The molecule has 0 saturated carbocycles. The topological polar surface area (TPSA) is 98.2 Å². The molecule has 1 unspecified atom stereocenters. The molecule has 4 rings (SSSR count). The summed E-state index contributed by atoms with van der Waals surface area (Å²) in [4.78, 5) is 17.2. The van der Waals surface area contributed by atoms with Crippen LogP contribution in [0.4, 0.5) is 0 Å². The summed E-state index contributed by atoms with van der Waals surface area (Å²) in [5.74, 6) is 1.50. The number of hydrogen-bond acceptors (Lipinski definition) is 6. The highest BCUT2D eigenvalue weighted by Crippen LogP contribution is 2.23. The Labute approximate surface area is 174 Å². The number of fused-ring (bicyclic) bond motifs is 1. The van der Waals surface area contributed by atoms with E-state index in [-0.39, 0.29) is 18.4 Å². The van der Waals surface area contributed by atoms with Crippen LogP contribution in [0.1, 0.15) is 49.8 Å². The molecule has 0 radical (unpaired) electrons. The van der Waals surface area contributed by atoms with E-state index in [2.05, 4.69) is 32.6 Å². The maximum Gasteiger partial charge on any atom is 0.261 e. The zero-order valence-electron chi connectivity index (χ0n) is 17.1. The van der Waals surface area contributed by atoms with Gasteiger partial charge in [-0.3, -0.25) is 9.20 Å². The average Bonchev–Trinajstić information content (AvgIpc) is 3.41. The SMILES string of the molecule is CCCc1noc(-c2cccn3c(CNC(=O)C(CC)c4ccccc4)nnc23)n1. The Morgan fingerprint density at radius 2 is 1.97 bits per heavy atom. The van der Waals surface area contributed by atoms with Gasteiger partial charge in [-0.25, -0.2) is 0 Å². The van der Waals surface area contributed by atoms with E-state index >= 15 is 0 Å². The average molecular weight is 404 g/mol. The smallest absolute Gasteiger partial charge is 0.261 e. The minimum absolute atomic E-state index is 0.0299. The Morgan fingerprint density at radius 3 is 2.73 bits per heavy atom. The molecule has 4 aromatic rings. The summed E-state index contributed by atoms with van der Waals surface area (Å²) in [5.41, 5.74) is 2.34. The molecule has 154 valence electrons. The van der Waals surface area contributed by atoms with Gasteiger partial charge in [0, 0.05) is 12.6 Å². The van der Waals surface area contributed by atoms with Crippen molar-refractivity contribution < 1.29 is 9.32 Å². The minimum atomic E-state index is -0.198. The predicted octanol–water partition coefficient (Wildman–Crippen LogP) is 3.54. The quantitative estimate of drug-likeness (QED) is 0.482. The first kappa shape index (κ1) is 19.8. The summed E-state index contributed by atoms with van der Waals surface area (Å²) in [5, 5.41) is 15.6. The summed E-state index contributed by atoms with van der Waals surface area (Å²) >= 11 is 0. The molecule has 0 aliphatic heterocycles. The number of hydrogen-bond donors (Lipinski definition) is 1. The minimum Gasteiger partial charge on any atom is -0.348 e. The lowest BCUT2D eigenvalue weighted by Gasteiger charge is -2.15. The third-order valence-corrected chi connectivity index (χ3v) is 5.02. The Kier molecular flexibility index (Phi) is 5.83. The van der Waals surface area contributed by atoms with Gasteiger partial charge in [-0.15, -0.1) is 10.2 Å². The summed E-state index contributed by atoms with van der Waals surface area (Å²) in [7, 11) is 0. The van der Waals surface area contributed by atoms with Gasteiger partial charge in [0.1, 0.15) is 0 Å². The van der Waals surface area contributed by atoms with E-state index in [1.807, 2.05) is 60.0 Å². The molecular weight excluding hydrogens is 380 g/mol. The maximum atomic E-state index is 12.8. The lowest BCUT2D eigenvalue weighted by atomic mass is 9.96. The van der Waals surface area contributed by atoms with Crippen molar-refractivity contribution in [3.05, 3.63) is 65.9 Å². The fourth-order valence-corrected chi connectivity index (χ4v) is 3.49. The number of carbonyl (C=O) groups excluding carboxylic acids is 1. The fourth-order valence-electron chi connectivity index (χ4n) is 3.49. The monoisotopic (exact) mass is 404 g/mol. The van der Waals surface area contributed by atoms with Crippen molar-refractivity contribution in [3.8, 4) is 11.5 Å². The molecule has 0 bridgehead atoms. The second kappa shape index (κ2) is 8.86. The number of nitrogens with zero attached hydrogens (tertiary/aromatic N) is 5. The van der Waals surface area contributed by atoms with Gasteiger partial charge in [-0.05, 0) is 30.5 Å². The zero-order chi connectivity index (χ0) is 20.9. The third kappa shape index (κ3) is 3.94. The molecule has 0 spiro atoms. The van der Waals surface area contributed by atoms with E-state index < -0.39 is 0 Å². The molecule has 1 aromatic carbocycles. The van der Waals surface area contributed by atoms with Gasteiger partial charge in [0.15, 0.2) is 17.3 Å². The molecular formula is C22H24N6O2. The van der Waals surface area contributed by atoms with Crippen molar-refractivity contribution in [2.24, 2.45) is 0 Å². The summed E-state index contributed by atoms with van der Waals surface area (Å²) in [6.45, 7) is 4.35. The standard InChI is InChI=1S/C22H24N6O2/c1-3-9-18-24-22(30-27-18)17-12-8-13-28-19(25-26-20(17)28)14-23-21(29)16(4-2)15-10-6-5-7-11-15/h5-8,10-13,16H,3-4,9,14H2,1-2H3,(H,23,29). The molecule has 0 fully saturated rings. The van der Waals surface area contributed by atoms with E-state index in [0.29, 0.717) is 28.8 Å². The van der Waals surface area contributed by atoms with Crippen LogP contribution in [0, 0.1) is 0 Å². The largest absolute Gasteiger partial charge is 0.348 e. The van der Waals surface area contributed by atoms with Crippen LogP contribution in [-0.2, 0) is 17.8 Å². The fraction of sp³-hybridized carbons (Fsp3) is 0.318. The summed E-state index contributed by atoms with van der Waals surface area (Å²) < 4.78 is 7.24. The molecule has 30 heavy (non-hydrogen) atoms. The van der Waals surface area contributed by atoms with Crippen molar-refractivity contribution in [1.29, 1.82) is 0 Å². The molecule has 3 aromatic heterocycles. The third-order valence-electron chi connectivity index (χ3n) is 5.02. The predicted molar refractivity (Wildman–Crippen MR) is 112 cm³/mol. The molecule has 1 N–H and O–H groups in total. The molecule has 0 aliphatic carbocycles.